The minimum absolute atomic E-state index is 0.931. The number of aromatic nitrogens is 4. The quantitative estimate of drug-likeness (QED) is 0.191. The molecule has 4 nitrogen and oxygen atoms in total. The van der Waals surface area contributed by atoms with E-state index in [9.17, 15) is 0 Å². The van der Waals surface area contributed by atoms with Crippen molar-refractivity contribution in [2.24, 2.45) is 14.1 Å². The van der Waals surface area contributed by atoms with Gasteiger partial charge in [0.15, 0.2) is 0 Å². The van der Waals surface area contributed by atoms with Crippen LogP contribution in [0.4, 0.5) is 0 Å². The summed E-state index contributed by atoms with van der Waals surface area (Å²) in [4.78, 5) is 10.9. The van der Waals surface area contributed by atoms with E-state index in [0.717, 1.165) is 89.4 Å². The number of aryl methyl sites for hydroxylation is 2. The number of nitrogens with zero attached hydrogens (tertiary/aromatic N) is 4. The van der Waals surface area contributed by atoms with Gasteiger partial charge in [0, 0.05) is 36.3 Å². The number of rotatable bonds is 4. The van der Waals surface area contributed by atoms with Gasteiger partial charge >= 0.3 is 0 Å². The number of benzene rings is 4. The van der Waals surface area contributed by atoms with Crippen molar-refractivity contribution in [2.75, 3.05) is 0 Å². The van der Waals surface area contributed by atoms with Gasteiger partial charge in [-0.25, -0.2) is 9.97 Å². The minimum atomic E-state index is 0.931. The van der Waals surface area contributed by atoms with Gasteiger partial charge in [-0.2, -0.15) is 0 Å². The molecule has 0 radical (unpaired) electrons. The van der Waals surface area contributed by atoms with Gasteiger partial charge in [-0.05, 0) is 70.8 Å². The summed E-state index contributed by atoms with van der Waals surface area (Å²) < 4.78 is 4.59. The highest BCUT2D eigenvalue weighted by molar-refractivity contribution is 6.00. The van der Waals surface area contributed by atoms with Crippen LogP contribution in [0.1, 0.15) is 22.8 Å². The molecule has 4 heteroatoms. The molecule has 0 saturated heterocycles. The van der Waals surface area contributed by atoms with E-state index in [1.807, 2.05) is 0 Å². The summed E-state index contributed by atoms with van der Waals surface area (Å²) in [6, 6.07) is 51.3. The van der Waals surface area contributed by atoms with Gasteiger partial charge in [-0.1, -0.05) is 121 Å². The average molecular weight is 643 g/mol. The first-order valence-corrected chi connectivity index (χ1v) is 17.0. The van der Waals surface area contributed by atoms with E-state index in [1.165, 1.54) is 0 Å². The monoisotopic (exact) mass is 642 g/mol. The highest BCUT2D eigenvalue weighted by Crippen LogP contribution is 2.39. The summed E-state index contributed by atoms with van der Waals surface area (Å²) in [5.74, 6) is 0. The Morgan fingerprint density at radius 2 is 0.520 bits per heavy atom. The molecule has 8 bridgehead atoms. The lowest BCUT2D eigenvalue weighted by molar-refractivity contribution is 1.01. The van der Waals surface area contributed by atoms with E-state index in [1.54, 1.807) is 0 Å². The van der Waals surface area contributed by atoms with Crippen molar-refractivity contribution >= 4 is 46.4 Å². The van der Waals surface area contributed by atoms with Gasteiger partial charge in [0.1, 0.15) is 0 Å². The molecule has 2 aliphatic heterocycles. The third-order valence-electron chi connectivity index (χ3n) is 9.82. The summed E-state index contributed by atoms with van der Waals surface area (Å²) in [6.45, 7) is 0. The van der Waals surface area contributed by atoms with Crippen LogP contribution in [0.2, 0.25) is 0 Å². The predicted molar refractivity (Wildman–Crippen MR) is 210 cm³/mol. The molecule has 0 unspecified atom stereocenters. The smallest absolute Gasteiger partial charge is 0.0737 e. The van der Waals surface area contributed by atoms with Gasteiger partial charge in [0.2, 0.25) is 0 Å². The zero-order valence-electron chi connectivity index (χ0n) is 28.0. The second kappa shape index (κ2) is 12.2. The summed E-state index contributed by atoms with van der Waals surface area (Å²) in [7, 11) is 4.31. The normalized spacial score (nSPS) is 12.0. The van der Waals surface area contributed by atoms with E-state index < -0.39 is 0 Å². The molecule has 0 amide bonds. The molecule has 0 spiro atoms. The van der Waals surface area contributed by atoms with Crippen molar-refractivity contribution in [2.45, 2.75) is 0 Å². The first-order valence-electron chi connectivity index (χ1n) is 17.0. The zero-order valence-corrected chi connectivity index (χ0v) is 28.0. The van der Waals surface area contributed by atoms with Crippen molar-refractivity contribution in [1.29, 1.82) is 0 Å². The third kappa shape index (κ3) is 4.92. The number of hydrogen-bond donors (Lipinski definition) is 0. The Kier molecular flexibility index (Phi) is 7.21. The molecule has 2 aliphatic rings. The van der Waals surface area contributed by atoms with Crippen LogP contribution in [0, 0.1) is 0 Å². The molecule has 50 heavy (non-hydrogen) atoms. The summed E-state index contributed by atoms with van der Waals surface area (Å²) in [5, 5.41) is 0. The van der Waals surface area contributed by atoms with Crippen molar-refractivity contribution < 1.29 is 0 Å². The fourth-order valence-electron chi connectivity index (χ4n) is 7.44. The van der Waals surface area contributed by atoms with Crippen LogP contribution in [0.5, 0.6) is 0 Å². The molecule has 0 fully saturated rings. The maximum Gasteiger partial charge on any atom is 0.0737 e. The van der Waals surface area contributed by atoms with E-state index in [-0.39, 0.29) is 0 Å². The van der Waals surface area contributed by atoms with Gasteiger partial charge < -0.3 is 9.13 Å². The topological polar surface area (TPSA) is 35.6 Å². The lowest BCUT2D eigenvalue weighted by atomic mass is 10.0. The van der Waals surface area contributed by atoms with Crippen LogP contribution in [0.15, 0.2) is 146 Å². The fourth-order valence-corrected chi connectivity index (χ4v) is 7.44. The van der Waals surface area contributed by atoms with Crippen LogP contribution in [0.3, 0.4) is 0 Å². The summed E-state index contributed by atoms with van der Waals surface area (Å²) in [5.41, 5.74) is 16.9. The molecule has 4 aromatic carbocycles. The summed E-state index contributed by atoms with van der Waals surface area (Å²) in [6.07, 6.45) is 8.68. The largest absolute Gasteiger partial charge is 0.343 e. The first-order chi connectivity index (χ1) is 24.7. The SMILES string of the molecule is Cn1c2ccc1c(-c1ccccc1)c1nc(c(-c3ccccc3)c3ccc(c(-c4ccccc4)c4nc(c2-c2ccccc2)C=C4)n3C)C=C1. The molecule has 9 rings (SSSR count). The van der Waals surface area contributed by atoms with Crippen molar-refractivity contribution in [3.8, 4) is 44.5 Å². The zero-order chi connectivity index (χ0) is 33.6. The number of fused-ring (bicyclic) bond motifs is 8. The molecular formula is C46H34N4. The Balaban J connectivity index is 1.53. The van der Waals surface area contributed by atoms with Crippen LogP contribution < -0.4 is 0 Å². The van der Waals surface area contributed by atoms with Gasteiger partial charge in [-0.3, -0.25) is 0 Å². The summed E-state index contributed by atoms with van der Waals surface area (Å²) >= 11 is 0. The Hall–Kier alpha value is -6.52. The molecule has 0 aliphatic carbocycles. The van der Waals surface area contributed by atoms with Gasteiger partial charge in [0.25, 0.3) is 0 Å². The minimum Gasteiger partial charge on any atom is -0.343 e. The Morgan fingerprint density at radius 3 is 0.740 bits per heavy atom. The van der Waals surface area contributed by atoms with Crippen molar-refractivity contribution in [1.82, 2.24) is 19.1 Å². The molecule has 238 valence electrons. The second-order valence-electron chi connectivity index (χ2n) is 12.7. The lowest BCUT2D eigenvalue weighted by Crippen LogP contribution is -1.96. The van der Waals surface area contributed by atoms with Crippen LogP contribution in [0.25, 0.3) is 90.9 Å². The van der Waals surface area contributed by atoms with E-state index in [0.29, 0.717) is 0 Å². The molecular weight excluding hydrogens is 609 g/mol. The van der Waals surface area contributed by atoms with Crippen LogP contribution in [-0.4, -0.2) is 19.1 Å². The predicted octanol–water partition coefficient (Wildman–Crippen LogP) is 11.3. The standard InChI is InChI=1S/C46H34N4/c1-49-39-27-28-40(49)44(32-17-9-4-10-18-32)36-24-26-38(48-36)46(34-21-13-6-14-22-34)42-30-29-41(50(42)2)45(33-19-11-5-12-20-33)37-25-23-35(47-37)43(39)31-15-7-3-8-16-31/h3-30H,1-2H3. The highest BCUT2D eigenvalue weighted by atomic mass is 15.0. The van der Waals surface area contributed by atoms with E-state index in [2.05, 4.69) is 193 Å². The number of hydrogen-bond acceptors (Lipinski definition) is 2. The molecule has 0 saturated carbocycles. The molecule has 7 aromatic rings. The Labute approximate surface area is 291 Å². The molecule has 0 N–H and O–H groups in total. The maximum absolute atomic E-state index is 5.44. The molecule has 3 aromatic heterocycles. The average Bonchev–Trinajstić information content (AvgIpc) is 3.98. The fraction of sp³-hybridized carbons (Fsp3) is 0.0435. The highest BCUT2D eigenvalue weighted by Gasteiger charge is 2.20. The lowest BCUT2D eigenvalue weighted by Gasteiger charge is -2.11. The van der Waals surface area contributed by atoms with Crippen molar-refractivity contribution in [3.05, 3.63) is 168 Å². The molecule has 0 atom stereocenters. The van der Waals surface area contributed by atoms with Gasteiger partial charge in [-0.15, -0.1) is 0 Å². The first kappa shape index (κ1) is 29.6. The Bertz CT molecular complexity index is 2270. The van der Waals surface area contributed by atoms with Crippen molar-refractivity contribution in [3.63, 3.8) is 0 Å². The third-order valence-corrected chi connectivity index (χ3v) is 9.82. The Morgan fingerprint density at radius 1 is 0.300 bits per heavy atom. The molecule has 5 heterocycles. The van der Waals surface area contributed by atoms with Gasteiger partial charge in [0.05, 0.1) is 44.8 Å². The van der Waals surface area contributed by atoms with Crippen LogP contribution >= 0.6 is 0 Å². The maximum atomic E-state index is 5.44. The second-order valence-corrected chi connectivity index (χ2v) is 12.7. The van der Waals surface area contributed by atoms with E-state index >= 15 is 0 Å². The van der Waals surface area contributed by atoms with E-state index in [4.69, 9.17) is 9.97 Å². The van der Waals surface area contributed by atoms with Crippen LogP contribution in [-0.2, 0) is 14.1 Å².